The van der Waals surface area contributed by atoms with Crippen molar-refractivity contribution in [2.45, 2.75) is 127 Å². The molecule has 20 heteroatoms. The average Bonchev–Trinajstić information content (AvgIpc) is 1.94. The van der Waals surface area contributed by atoms with Gasteiger partial charge in [-0.3, -0.25) is 14.4 Å². The summed E-state index contributed by atoms with van der Waals surface area (Å²) in [6.07, 6.45) is -4.86. The largest absolute Gasteiger partial charge is 0.421 e. The molecule has 8 aromatic carbocycles. The van der Waals surface area contributed by atoms with E-state index in [1.807, 2.05) is 67.6 Å². The van der Waals surface area contributed by atoms with Crippen molar-refractivity contribution >= 4 is 69.5 Å². The van der Waals surface area contributed by atoms with Crippen LogP contribution >= 0.6 is 24.4 Å². The number of aryl methyl sites for hydroxylation is 4. The Hall–Kier alpha value is -6.94. The van der Waals surface area contributed by atoms with Crippen molar-refractivity contribution in [3.8, 4) is 0 Å². The summed E-state index contributed by atoms with van der Waals surface area (Å²) in [6.45, 7) is 16.5. The maximum absolute atomic E-state index is 12.8. The summed E-state index contributed by atoms with van der Waals surface area (Å²) in [7, 11) is -10.2. The second-order valence-corrected chi connectivity index (χ2v) is 30.8. The Morgan fingerprint density at radius 3 is 1.11 bits per heavy atom. The maximum atomic E-state index is 12.8. The summed E-state index contributed by atoms with van der Waals surface area (Å²) in [5.41, 5.74) is 2.09. The molecule has 0 bridgehead atoms. The summed E-state index contributed by atoms with van der Waals surface area (Å²) < 4.78 is 135. The molecular weight excluding hydrogens is 1200 g/mol. The fourth-order valence-electron chi connectivity index (χ4n) is 6.76. The van der Waals surface area contributed by atoms with Crippen molar-refractivity contribution in [3.05, 3.63) is 244 Å². The van der Waals surface area contributed by atoms with Crippen LogP contribution < -0.4 is 0 Å². The van der Waals surface area contributed by atoms with Crippen LogP contribution in [-0.4, -0.2) is 59.3 Å². The first-order chi connectivity index (χ1) is 39.3. The van der Waals surface area contributed by atoms with Gasteiger partial charge in [-0.2, -0.15) is 26.3 Å². The number of ketones is 3. The minimum Gasteiger partial charge on any atom is -0.376 e. The molecular formula is C65H67F7O8S4Si. The molecule has 452 valence electrons. The van der Waals surface area contributed by atoms with Crippen LogP contribution in [0.4, 0.5) is 30.7 Å². The summed E-state index contributed by atoms with van der Waals surface area (Å²) in [5, 5.41) is 9.60. The fraction of sp³-hybridized carbons (Fsp3) is 0.215. The number of sulfone groups is 2. The van der Waals surface area contributed by atoms with E-state index in [2.05, 4.69) is 31.7 Å². The number of carbonyl (C=O) groups is 3. The van der Waals surface area contributed by atoms with Crippen LogP contribution in [0.3, 0.4) is 0 Å². The Bertz CT molecular complexity index is 3700. The first-order valence-corrected chi connectivity index (χ1v) is 33.6. The number of hydrogen-bond donors (Lipinski definition) is 2. The van der Waals surface area contributed by atoms with Crippen LogP contribution in [0.25, 0.3) is 0 Å². The highest BCUT2D eigenvalue weighted by molar-refractivity contribution is 7.99. The molecule has 0 radical (unpaired) electrons. The van der Waals surface area contributed by atoms with Gasteiger partial charge in [-0.15, -0.1) is 12.6 Å². The number of alkyl halides is 6. The molecule has 1 unspecified atom stereocenters. The molecule has 1 N–H and O–H groups in total. The van der Waals surface area contributed by atoms with Gasteiger partial charge in [0.05, 0.1) is 19.6 Å². The zero-order valence-electron chi connectivity index (χ0n) is 48.6. The van der Waals surface area contributed by atoms with E-state index >= 15 is 0 Å². The number of Topliss-reactive ketones (excluding diaryl/α,β-unsaturated/α-hetero) is 3. The molecule has 0 aromatic heterocycles. The van der Waals surface area contributed by atoms with Crippen molar-refractivity contribution in [2.24, 2.45) is 0 Å². The fourth-order valence-corrected chi connectivity index (χ4v) is 10.8. The van der Waals surface area contributed by atoms with Crippen LogP contribution in [0, 0.1) is 33.5 Å². The molecule has 0 heterocycles. The molecule has 85 heavy (non-hydrogen) atoms. The number of carbonyl (C=O) groups excluding carboxylic acids is 3. The molecule has 0 fully saturated rings. The molecule has 0 aliphatic carbocycles. The number of halogens is 7. The van der Waals surface area contributed by atoms with Crippen molar-refractivity contribution in [1.82, 2.24) is 0 Å². The molecule has 0 saturated carbocycles. The first-order valence-electron chi connectivity index (χ1n) is 25.9. The first kappa shape index (κ1) is 72.3. The summed E-state index contributed by atoms with van der Waals surface area (Å²) in [5.74, 6) is -4.25. The zero-order valence-corrected chi connectivity index (χ0v) is 52.9. The van der Waals surface area contributed by atoms with Crippen molar-refractivity contribution in [1.29, 1.82) is 0 Å². The molecule has 1 atom stereocenters. The van der Waals surface area contributed by atoms with Crippen molar-refractivity contribution < 1.29 is 67.1 Å². The second kappa shape index (κ2) is 31.4. The molecule has 8 aromatic rings. The van der Waals surface area contributed by atoms with Gasteiger partial charge in [0.15, 0.2) is 31.0 Å². The van der Waals surface area contributed by atoms with E-state index in [1.54, 1.807) is 75.0 Å². The Morgan fingerprint density at radius 1 is 0.471 bits per heavy atom. The minimum atomic E-state index is -4.86. The Balaban J connectivity index is 0.000000279. The molecule has 0 spiro atoms. The monoisotopic (exact) mass is 1260 g/mol. The predicted octanol–water partition coefficient (Wildman–Crippen LogP) is 17.7. The highest BCUT2D eigenvalue weighted by atomic mass is 32.2. The van der Waals surface area contributed by atoms with Crippen molar-refractivity contribution in [2.75, 3.05) is 0 Å². The van der Waals surface area contributed by atoms with E-state index in [0.29, 0.717) is 34.1 Å². The molecule has 8 rings (SSSR count). The van der Waals surface area contributed by atoms with Gasteiger partial charge in [-0.05, 0) is 168 Å². The number of rotatable bonds is 10. The normalized spacial score (nSPS) is 12.0. The van der Waals surface area contributed by atoms with Crippen LogP contribution in [0.1, 0.15) is 86.6 Å². The smallest absolute Gasteiger partial charge is 0.376 e. The number of benzene rings is 8. The third kappa shape index (κ3) is 21.8. The second-order valence-electron chi connectivity index (χ2n) is 20.3. The van der Waals surface area contributed by atoms with Crippen LogP contribution in [0.15, 0.2) is 228 Å². The van der Waals surface area contributed by atoms with Crippen molar-refractivity contribution in [3.63, 3.8) is 0 Å². The van der Waals surface area contributed by atoms with E-state index < -0.39 is 50.9 Å². The molecule has 0 saturated heterocycles. The Labute approximate surface area is 504 Å². The Morgan fingerprint density at radius 2 is 0.788 bits per heavy atom. The maximum Gasteiger partial charge on any atom is 0.421 e. The lowest BCUT2D eigenvalue weighted by Gasteiger charge is -2.26. The SMILES string of the molecule is CC(=O)c1ccc(F)cc1.CC(=O)c1ccc(S(=O)(=O)c2ccccc2C)cc1.CC(=O)c1ccc(Sc2ccccc2C)cc1.C[Si](C)(C)C(F)(F)F.Cc1ccccc1S.Cc1ccccc1S(=O)(=O)c1ccc(C(C)(O)C(F)(F)F)cc1. The van der Waals surface area contributed by atoms with E-state index in [-0.39, 0.29) is 37.9 Å². The number of aliphatic hydroxyl groups is 1. The Kier molecular flexibility index (Phi) is 26.8. The van der Waals surface area contributed by atoms with Crippen LogP contribution in [0.2, 0.25) is 19.6 Å². The zero-order chi connectivity index (χ0) is 64.3. The topological polar surface area (TPSA) is 140 Å². The lowest BCUT2D eigenvalue weighted by atomic mass is 9.96. The molecule has 0 aliphatic rings. The van der Waals surface area contributed by atoms with E-state index in [4.69, 9.17) is 0 Å². The summed E-state index contributed by atoms with van der Waals surface area (Å²) in [4.78, 5) is 36.9. The highest BCUT2D eigenvalue weighted by Crippen LogP contribution is 2.39. The predicted molar refractivity (Wildman–Crippen MR) is 328 cm³/mol. The highest BCUT2D eigenvalue weighted by Gasteiger charge is 2.51. The average molecular weight is 1270 g/mol. The molecule has 8 nitrogen and oxygen atoms in total. The van der Waals surface area contributed by atoms with Gasteiger partial charge in [-0.1, -0.05) is 141 Å². The van der Waals surface area contributed by atoms with E-state index in [1.165, 1.54) is 104 Å². The van der Waals surface area contributed by atoms with Gasteiger partial charge in [0, 0.05) is 31.4 Å². The minimum absolute atomic E-state index is 0.0417. The molecule has 0 amide bonds. The van der Waals surface area contributed by atoms with Crippen LogP contribution in [-0.2, 0) is 25.3 Å². The standard InChI is InChI=1S/C16H15F3O3S.C15H14O3S.C15H14OS.C8H7FO.C7H8S.C4H9F3Si/c1-11-5-3-4-6-14(11)23(21,22)13-9-7-12(8-10-13)15(2,20)16(17,18)19;1-11-5-3-4-6-15(11)19(17,18)14-9-7-13(8-10-14)12(2)16;1-11-5-3-4-6-15(11)17-14-9-7-13(8-10-14)12(2)16;1-6(10)7-2-4-8(9)5-3-7;1-6-4-2-3-5-7(6)8;1-8(2,3)4(5,6)7/h3-10,20H,1-2H3;3-10H,1-2H3;3-10H,1-2H3;2-5H,1H3;2-5,8H,1H3;1-3H3. The third-order valence-corrected chi connectivity index (χ3v) is 19.7. The van der Waals surface area contributed by atoms with E-state index in [0.717, 1.165) is 39.6 Å². The van der Waals surface area contributed by atoms with E-state index in [9.17, 15) is 67.1 Å². The van der Waals surface area contributed by atoms with Gasteiger partial charge in [-0.25, -0.2) is 21.2 Å². The quantitative estimate of drug-likeness (QED) is 0.0593. The lowest BCUT2D eigenvalue weighted by Crippen LogP contribution is -2.40. The van der Waals surface area contributed by atoms with Gasteiger partial charge in [0.1, 0.15) is 5.82 Å². The van der Waals surface area contributed by atoms with Crippen LogP contribution in [0.5, 0.6) is 0 Å². The lowest BCUT2D eigenvalue weighted by molar-refractivity contribution is -0.258. The number of thiol groups is 1. The third-order valence-electron chi connectivity index (χ3n) is 12.4. The van der Waals surface area contributed by atoms with Gasteiger partial charge < -0.3 is 5.11 Å². The van der Waals surface area contributed by atoms with Gasteiger partial charge in [0.25, 0.3) is 0 Å². The van der Waals surface area contributed by atoms with Gasteiger partial charge in [0.2, 0.25) is 19.7 Å². The summed E-state index contributed by atoms with van der Waals surface area (Å²) >= 11 is 5.92. The number of hydrogen-bond acceptors (Lipinski definition) is 10. The van der Waals surface area contributed by atoms with Gasteiger partial charge >= 0.3 is 12.0 Å². The summed E-state index contributed by atoms with van der Waals surface area (Å²) in [6, 6.07) is 52.8. The molecule has 0 aliphatic heterocycles.